The zero-order valence-electron chi connectivity index (χ0n) is 17.5. The van der Waals surface area contributed by atoms with E-state index in [1.54, 1.807) is 25.7 Å². The Morgan fingerprint density at radius 1 is 1.13 bits per heavy atom. The van der Waals surface area contributed by atoms with Crippen LogP contribution in [-0.4, -0.2) is 64.3 Å². The maximum atomic E-state index is 6.46. The van der Waals surface area contributed by atoms with Gasteiger partial charge in [0, 0.05) is 56.3 Å². The third-order valence-electron chi connectivity index (χ3n) is 5.92. The Labute approximate surface area is 180 Å². The van der Waals surface area contributed by atoms with E-state index in [2.05, 4.69) is 30.9 Å². The van der Waals surface area contributed by atoms with Crippen LogP contribution in [0.25, 0.3) is 33.1 Å². The number of methoxy groups -OCH3 is 1. The Hall–Kier alpha value is -3.23. The van der Waals surface area contributed by atoms with Crippen molar-refractivity contribution in [1.29, 1.82) is 0 Å². The van der Waals surface area contributed by atoms with E-state index in [4.69, 9.17) is 15.2 Å². The smallest absolute Gasteiger partial charge is 0.171 e. The highest BCUT2D eigenvalue weighted by Gasteiger charge is 2.23. The molecule has 0 spiro atoms. The lowest BCUT2D eigenvalue weighted by Crippen LogP contribution is -2.39. The van der Waals surface area contributed by atoms with E-state index in [9.17, 15) is 0 Å². The topological polar surface area (TPSA) is 102 Å². The molecule has 160 valence electrons. The molecular formula is C23H26N6O2. The predicted molar refractivity (Wildman–Crippen MR) is 121 cm³/mol. The summed E-state index contributed by atoms with van der Waals surface area (Å²) in [7, 11) is 1.74. The van der Waals surface area contributed by atoms with Crippen LogP contribution in [0.1, 0.15) is 12.8 Å². The van der Waals surface area contributed by atoms with Gasteiger partial charge in [-0.05, 0) is 36.6 Å². The van der Waals surface area contributed by atoms with Crippen molar-refractivity contribution >= 4 is 27.8 Å². The number of piperidine rings is 1. The molecule has 4 aromatic rings. The minimum absolute atomic E-state index is 0.106. The predicted octanol–water partition coefficient (Wildman–Crippen LogP) is 3.24. The molecule has 0 saturated carbocycles. The Morgan fingerprint density at radius 3 is 2.71 bits per heavy atom. The van der Waals surface area contributed by atoms with Gasteiger partial charge in [0.2, 0.25) is 0 Å². The van der Waals surface area contributed by atoms with Crippen molar-refractivity contribution < 1.29 is 9.47 Å². The molecule has 0 amide bonds. The highest BCUT2D eigenvalue weighted by molar-refractivity contribution is 6.11. The van der Waals surface area contributed by atoms with Gasteiger partial charge in [-0.1, -0.05) is 0 Å². The molecule has 5 rings (SSSR count). The van der Waals surface area contributed by atoms with Crippen molar-refractivity contribution in [1.82, 2.24) is 24.8 Å². The van der Waals surface area contributed by atoms with Gasteiger partial charge in [0.25, 0.3) is 0 Å². The number of hydrogen-bond donors (Lipinski definition) is 2. The van der Waals surface area contributed by atoms with Crippen LogP contribution in [0.2, 0.25) is 0 Å². The largest absolute Gasteiger partial charge is 0.486 e. The molecule has 0 radical (unpaired) electrons. The second-order valence-electron chi connectivity index (χ2n) is 7.89. The normalized spacial score (nSPS) is 15.6. The second kappa shape index (κ2) is 8.49. The highest BCUT2D eigenvalue weighted by Crippen LogP contribution is 2.38. The molecule has 1 saturated heterocycles. The number of hydrogen-bond acceptors (Lipinski definition) is 7. The average molecular weight is 419 g/mol. The van der Waals surface area contributed by atoms with E-state index in [1.807, 2.05) is 18.3 Å². The number of rotatable bonds is 6. The van der Waals surface area contributed by atoms with Crippen molar-refractivity contribution in [3.8, 4) is 16.9 Å². The van der Waals surface area contributed by atoms with Gasteiger partial charge in [0.05, 0.1) is 23.7 Å². The lowest BCUT2D eigenvalue weighted by molar-refractivity contribution is 0.0808. The summed E-state index contributed by atoms with van der Waals surface area (Å²) < 4.78 is 11.7. The van der Waals surface area contributed by atoms with Gasteiger partial charge in [-0.2, -0.15) is 0 Å². The van der Waals surface area contributed by atoms with Crippen LogP contribution in [0, 0.1) is 0 Å². The third-order valence-corrected chi connectivity index (χ3v) is 5.92. The van der Waals surface area contributed by atoms with E-state index in [-0.39, 0.29) is 6.10 Å². The minimum atomic E-state index is 0.106. The lowest BCUT2D eigenvalue weighted by Gasteiger charge is -2.32. The number of nitrogens with two attached hydrogens (primary N) is 1. The van der Waals surface area contributed by atoms with E-state index in [0.717, 1.165) is 72.1 Å². The number of aromatic amines is 1. The first-order valence-electron chi connectivity index (χ1n) is 10.6. The molecule has 0 unspecified atom stereocenters. The molecule has 0 aliphatic carbocycles. The number of nitrogens with one attached hydrogen (secondary N) is 1. The fraction of sp³-hybridized carbons (Fsp3) is 0.348. The average Bonchev–Trinajstić information content (AvgIpc) is 3.19. The molecular weight excluding hydrogens is 392 g/mol. The minimum Gasteiger partial charge on any atom is -0.486 e. The van der Waals surface area contributed by atoms with Gasteiger partial charge in [0.15, 0.2) is 11.6 Å². The number of ether oxygens (including phenoxy) is 2. The Kier molecular flexibility index (Phi) is 5.40. The molecule has 1 fully saturated rings. The summed E-state index contributed by atoms with van der Waals surface area (Å²) in [5.41, 5.74) is 10.0. The molecule has 0 bridgehead atoms. The monoisotopic (exact) mass is 418 g/mol. The van der Waals surface area contributed by atoms with Crippen LogP contribution in [0.3, 0.4) is 0 Å². The van der Waals surface area contributed by atoms with Crippen LogP contribution in [0.15, 0.2) is 43.0 Å². The molecule has 31 heavy (non-hydrogen) atoms. The van der Waals surface area contributed by atoms with Crippen molar-refractivity contribution in [2.24, 2.45) is 0 Å². The first-order chi connectivity index (χ1) is 15.2. The van der Waals surface area contributed by atoms with E-state index < -0.39 is 0 Å². The Bertz CT molecular complexity index is 1190. The van der Waals surface area contributed by atoms with Crippen molar-refractivity contribution in [3.63, 3.8) is 0 Å². The van der Waals surface area contributed by atoms with Gasteiger partial charge in [-0.3, -0.25) is 4.98 Å². The number of fused-ring (bicyclic) bond motifs is 3. The molecule has 1 aliphatic rings. The summed E-state index contributed by atoms with van der Waals surface area (Å²) in [4.78, 5) is 18.9. The van der Waals surface area contributed by atoms with E-state index >= 15 is 0 Å². The fourth-order valence-electron chi connectivity index (χ4n) is 4.21. The van der Waals surface area contributed by atoms with Crippen molar-refractivity contribution in [2.45, 2.75) is 18.9 Å². The van der Waals surface area contributed by atoms with Gasteiger partial charge in [0.1, 0.15) is 11.8 Å². The number of nitrogen functional groups attached to an aromatic ring is 1. The molecule has 8 nitrogen and oxygen atoms in total. The molecule has 0 aromatic carbocycles. The summed E-state index contributed by atoms with van der Waals surface area (Å²) in [5.74, 6) is 1.05. The van der Waals surface area contributed by atoms with Gasteiger partial charge in [-0.15, -0.1) is 0 Å². The first kappa shape index (κ1) is 19.7. The summed E-state index contributed by atoms with van der Waals surface area (Å²) in [6.45, 7) is 3.68. The van der Waals surface area contributed by atoms with Gasteiger partial charge >= 0.3 is 0 Å². The first-order valence-corrected chi connectivity index (χ1v) is 10.6. The number of anilines is 1. The maximum absolute atomic E-state index is 6.46. The Morgan fingerprint density at radius 2 is 1.94 bits per heavy atom. The van der Waals surface area contributed by atoms with Crippen LogP contribution in [0.5, 0.6) is 5.75 Å². The molecule has 4 aromatic heterocycles. The van der Waals surface area contributed by atoms with Crippen LogP contribution < -0.4 is 10.5 Å². The lowest BCUT2D eigenvalue weighted by atomic mass is 10.1. The summed E-state index contributed by atoms with van der Waals surface area (Å²) in [6.07, 6.45) is 9.17. The Balaban J connectivity index is 1.48. The molecule has 0 atom stereocenters. The number of pyridine rings is 3. The molecule has 1 aliphatic heterocycles. The molecule has 5 heterocycles. The summed E-state index contributed by atoms with van der Waals surface area (Å²) >= 11 is 0. The van der Waals surface area contributed by atoms with Crippen molar-refractivity contribution in [3.05, 3.63) is 43.0 Å². The van der Waals surface area contributed by atoms with Gasteiger partial charge < -0.3 is 25.1 Å². The number of aromatic nitrogens is 4. The standard InChI is InChI=1S/C23H26N6O2/c1-30-11-10-29-8-4-17(5-9-29)31-21-20-18-12-16(15-2-6-25-7-3-15)13-27-23(18)28-19(20)14-26-22(21)24/h2-3,6-7,12-14,17H,4-5,8-11H2,1H3,(H2,24,26)(H,27,28). The summed E-state index contributed by atoms with van der Waals surface area (Å²) in [6, 6.07) is 6.07. The number of nitrogens with zero attached hydrogens (tertiary/aromatic N) is 4. The second-order valence-corrected chi connectivity index (χ2v) is 7.89. The van der Waals surface area contributed by atoms with E-state index in [0.29, 0.717) is 11.6 Å². The van der Waals surface area contributed by atoms with Crippen LogP contribution in [0.4, 0.5) is 5.82 Å². The maximum Gasteiger partial charge on any atom is 0.171 e. The highest BCUT2D eigenvalue weighted by atomic mass is 16.5. The van der Waals surface area contributed by atoms with Crippen molar-refractivity contribution in [2.75, 3.05) is 39.1 Å². The number of H-pyrrole nitrogens is 1. The molecule has 8 heteroatoms. The van der Waals surface area contributed by atoms with Gasteiger partial charge in [-0.25, -0.2) is 9.97 Å². The summed E-state index contributed by atoms with van der Waals surface area (Å²) in [5, 5.41) is 1.92. The van der Waals surface area contributed by atoms with E-state index in [1.165, 1.54) is 0 Å². The zero-order chi connectivity index (χ0) is 21.2. The van der Waals surface area contributed by atoms with Crippen LogP contribution >= 0.6 is 0 Å². The SMILES string of the molecule is COCCN1CCC(Oc2c(N)ncc3[nH]c4ncc(-c5ccncc5)cc4c23)CC1. The van der Waals surface area contributed by atoms with Crippen LogP contribution in [-0.2, 0) is 4.74 Å². The third kappa shape index (κ3) is 3.92. The quantitative estimate of drug-likeness (QED) is 0.495. The number of likely N-dealkylation sites (tertiary alicyclic amines) is 1. The fourth-order valence-corrected chi connectivity index (χ4v) is 4.21. The molecule has 3 N–H and O–H groups in total. The zero-order valence-corrected chi connectivity index (χ0v) is 17.5.